The molecule has 0 N–H and O–H groups in total. The number of fused-ring (bicyclic) bond motifs is 5. The lowest BCUT2D eigenvalue weighted by molar-refractivity contribution is -0.742. The molecule has 1 aliphatic heterocycles. The van der Waals surface area contributed by atoms with Crippen LogP contribution in [0.4, 0.5) is 0 Å². The lowest BCUT2D eigenvalue weighted by Gasteiger charge is -2.24. The number of allylic oxidation sites excluding steroid dienone is 1. The van der Waals surface area contributed by atoms with Crippen LogP contribution in [0.1, 0.15) is 68.7 Å². The lowest BCUT2D eigenvalue weighted by atomic mass is 9.90. The molecule has 0 fully saturated rings. The summed E-state index contributed by atoms with van der Waals surface area (Å²) in [6, 6.07) is 14.0. The zero-order valence-electron chi connectivity index (χ0n) is 18.7. The number of unbranched alkanes of at least 4 members (excludes halogenated alkanes) is 1. The van der Waals surface area contributed by atoms with E-state index in [-0.39, 0.29) is 5.54 Å². The molecule has 29 heavy (non-hydrogen) atoms. The number of aryl methyl sites for hydroxylation is 3. The number of benzene rings is 2. The molecule has 0 unspecified atom stereocenters. The molecule has 0 spiro atoms. The second-order valence-corrected chi connectivity index (χ2v) is 8.68. The van der Waals surface area contributed by atoms with Crippen LogP contribution >= 0.6 is 0 Å². The van der Waals surface area contributed by atoms with E-state index >= 15 is 0 Å². The molecule has 0 radical (unpaired) electrons. The molecule has 150 valence electrons. The van der Waals surface area contributed by atoms with Crippen molar-refractivity contribution in [3.05, 3.63) is 70.9 Å². The van der Waals surface area contributed by atoms with E-state index in [0.29, 0.717) is 0 Å². The molecule has 0 aliphatic carbocycles. The summed E-state index contributed by atoms with van der Waals surface area (Å²) in [7, 11) is 0. The maximum atomic E-state index is 2.57. The normalized spacial score (nSPS) is 14.5. The van der Waals surface area contributed by atoms with Crippen LogP contribution in [0.15, 0.2) is 48.7 Å². The van der Waals surface area contributed by atoms with E-state index in [1.807, 2.05) is 0 Å². The monoisotopic (exact) mass is 384 g/mol. The van der Waals surface area contributed by atoms with E-state index in [1.54, 1.807) is 0 Å². The van der Waals surface area contributed by atoms with Crippen LogP contribution in [0, 0.1) is 13.8 Å². The minimum absolute atomic E-state index is 0.0176. The summed E-state index contributed by atoms with van der Waals surface area (Å²) in [5.74, 6) is 0. The summed E-state index contributed by atoms with van der Waals surface area (Å²) in [5.41, 5.74) is 8.32. The van der Waals surface area contributed by atoms with Crippen LogP contribution < -0.4 is 4.57 Å². The predicted octanol–water partition coefficient (Wildman–Crippen LogP) is 7.30. The van der Waals surface area contributed by atoms with E-state index in [2.05, 4.69) is 93.9 Å². The van der Waals surface area contributed by atoms with Gasteiger partial charge in [-0.1, -0.05) is 51.5 Å². The first-order valence-electron chi connectivity index (χ1n) is 11.3. The number of pyridine rings is 1. The van der Waals surface area contributed by atoms with Gasteiger partial charge in [0.1, 0.15) is 0 Å². The third-order valence-electron chi connectivity index (χ3n) is 7.08. The fourth-order valence-electron chi connectivity index (χ4n) is 4.93. The molecule has 1 aliphatic rings. The molecule has 1 heteroatoms. The summed E-state index contributed by atoms with van der Waals surface area (Å²) in [4.78, 5) is 0. The highest BCUT2D eigenvalue weighted by Gasteiger charge is 2.39. The first-order chi connectivity index (χ1) is 14.0. The molecule has 3 aromatic rings. The second kappa shape index (κ2) is 7.78. The highest BCUT2D eigenvalue weighted by molar-refractivity contribution is 5.97. The highest BCUT2D eigenvalue weighted by atomic mass is 15.1. The number of aromatic nitrogens is 1. The Bertz CT molecular complexity index is 1080. The van der Waals surface area contributed by atoms with Crippen LogP contribution in [-0.4, -0.2) is 0 Å². The largest absolute Gasteiger partial charge is 0.221 e. The number of nitrogens with zero attached hydrogens (tertiary/aromatic N) is 1. The SMILES string of the molecule is CCCCc1cccc2c3[n+](ccc12)C(CC)(CC)C=Cc1cc(C)c(C)cc1-3. The van der Waals surface area contributed by atoms with Gasteiger partial charge in [0.15, 0.2) is 11.7 Å². The molecule has 1 nitrogen and oxygen atoms in total. The maximum Gasteiger partial charge on any atom is 0.221 e. The zero-order valence-corrected chi connectivity index (χ0v) is 18.7. The van der Waals surface area contributed by atoms with Crippen molar-refractivity contribution >= 4 is 16.8 Å². The molecular weight excluding hydrogens is 350 g/mol. The van der Waals surface area contributed by atoms with Gasteiger partial charge in [-0.3, -0.25) is 0 Å². The first-order valence-corrected chi connectivity index (χ1v) is 11.3. The predicted molar refractivity (Wildman–Crippen MR) is 125 cm³/mol. The van der Waals surface area contributed by atoms with Gasteiger partial charge in [0.25, 0.3) is 0 Å². The van der Waals surface area contributed by atoms with Gasteiger partial charge in [-0.05, 0) is 72.5 Å². The quantitative estimate of drug-likeness (QED) is 0.406. The van der Waals surface area contributed by atoms with E-state index in [1.165, 1.54) is 57.1 Å². The van der Waals surface area contributed by atoms with Crippen molar-refractivity contribution in [2.24, 2.45) is 0 Å². The van der Waals surface area contributed by atoms with Gasteiger partial charge in [0, 0.05) is 18.9 Å². The van der Waals surface area contributed by atoms with Crippen LogP contribution in [0.5, 0.6) is 0 Å². The van der Waals surface area contributed by atoms with Gasteiger partial charge in [0.05, 0.1) is 10.9 Å². The first kappa shape index (κ1) is 19.9. The van der Waals surface area contributed by atoms with E-state index in [4.69, 9.17) is 0 Å². The van der Waals surface area contributed by atoms with Crippen molar-refractivity contribution in [1.82, 2.24) is 0 Å². The van der Waals surface area contributed by atoms with Gasteiger partial charge in [0.2, 0.25) is 5.69 Å². The molecule has 1 aromatic heterocycles. The number of hydrogen-bond acceptors (Lipinski definition) is 0. The van der Waals surface area contributed by atoms with Crippen LogP contribution in [0.3, 0.4) is 0 Å². The second-order valence-electron chi connectivity index (χ2n) is 8.68. The number of rotatable bonds is 5. The fraction of sp³-hybridized carbons (Fsp3) is 0.393. The molecule has 0 amide bonds. The van der Waals surface area contributed by atoms with Crippen LogP contribution in [-0.2, 0) is 12.0 Å². The molecular formula is C28H34N+. The summed E-state index contributed by atoms with van der Waals surface area (Å²) in [6.07, 6.45) is 13.0. The average molecular weight is 385 g/mol. The Morgan fingerprint density at radius 1 is 0.897 bits per heavy atom. The molecule has 2 heterocycles. The Morgan fingerprint density at radius 3 is 2.38 bits per heavy atom. The summed E-state index contributed by atoms with van der Waals surface area (Å²) in [5, 5.41) is 2.81. The molecule has 0 bridgehead atoms. The van der Waals surface area contributed by atoms with E-state index < -0.39 is 0 Å². The molecule has 4 rings (SSSR count). The molecule has 0 atom stereocenters. The Labute approximate surface area is 176 Å². The van der Waals surface area contributed by atoms with Crippen LogP contribution in [0.25, 0.3) is 28.1 Å². The van der Waals surface area contributed by atoms with Gasteiger partial charge in [-0.25, -0.2) is 0 Å². The lowest BCUT2D eigenvalue weighted by Crippen LogP contribution is -2.55. The van der Waals surface area contributed by atoms with Crippen molar-refractivity contribution in [3.8, 4) is 11.3 Å². The topological polar surface area (TPSA) is 3.88 Å². The van der Waals surface area contributed by atoms with Gasteiger partial charge in [-0.15, -0.1) is 0 Å². The van der Waals surface area contributed by atoms with Crippen molar-refractivity contribution in [1.29, 1.82) is 0 Å². The molecule has 2 aromatic carbocycles. The van der Waals surface area contributed by atoms with Crippen molar-refractivity contribution in [2.45, 2.75) is 72.3 Å². The van der Waals surface area contributed by atoms with E-state index in [0.717, 1.165) is 19.3 Å². The van der Waals surface area contributed by atoms with Gasteiger partial charge in [-0.2, -0.15) is 4.57 Å². The Morgan fingerprint density at radius 2 is 1.66 bits per heavy atom. The van der Waals surface area contributed by atoms with Crippen molar-refractivity contribution < 1.29 is 4.57 Å². The minimum Gasteiger partial charge on any atom is -0.189 e. The summed E-state index contributed by atoms with van der Waals surface area (Å²) >= 11 is 0. The Balaban J connectivity index is 2.11. The van der Waals surface area contributed by atoms with Crippen molar-refractivity contribution in [3.63, 3.8) is 0 Å². The summed E-state index contributed by atoms with van der Waals surface area (Å²) in [6.45, 7) is 11.4. The average Bonchev–Trinajstić information content (AvgIpc) is 2.87. The van der Waals surface area contributed by atoms with Gasteiger partial charge < -0.3 is 0 Å². The number of hydrogen-bond donors (Lipinski definition) is 0. The van der Waals surface area contributed by atoms with Gasteiger partial charge >= 0.3 is 0 Å². The van der Waals surface area contributed by atoms with Crippen LogP contribution in [0.2, 0.25) is 0 Å². The molecule has 0 saturated carbocycles. The fourth-order valence-corrected chi connectivity index (χ4v) is 4.93. The Kier molecular flexibility index (Phi) is 5.34. The third kappa shape index (κ3) is 3.21. The summed E-state index contributed by atoms with van der Waals surface area (Å²) < 4.78 is 2.57. The molecule has 0 saturated heterocycles. The third-order valence-corrected chi connectivity index (χ3v) is 7.08. The minimum atomic E-state index is 0.0176. The van der Waals surface area contributed by atoms with Crippen molar-refractivity contribution in [2.75, 3.05) is 0 Å². The Hall–Kier alpha value is -2.41. The standard InChI is InChI=1S/C28H34N/c1-6-9-11-22-12-10-13-25-24(22)15-17-29-27(25)26-19-21(5)20(4)18-23(26)14-16-28(29,7-2)8-3/h10,12-19H,6-9,11H2,1-5H3/q+1. The smallest absolute Gasteiger partial charge is 0.189 e. The maximum absolute atomic E-state index is 2.57. The highest BCUT2D eigenvalue weighted by Crippen LogP contribution is 2.38. The van der Waals surface area contributed by atoms with E-state index in [9.17, 15) is 0 Å². The zero-order chi connectivity index (χ0) is 20.6.